The summed E-state index contributed by atoms with van der Waals surface area (Å²) < 4.78 is 29.6. The van der Waals surface area contributed by atoms with Crippen LogP contribution in [-0.2, 0) is 23.6 Å². The molecule has 0 spiro atoms. The maximum absolute atomic E-state index is 13.0. The normalized spacial score (nSPS) is 17.0. The fourth-order valence-electron chi connectivity index (χ4n) is 3.52. The van der Waals surface area contributed by atoms with Gasteiger partial charge < -0.3 is 0 Å². The lowest BCUT2D eigenvalue weighted by Gasteiger charge is -2.34. The number of aryl methyl sites for hydroxylation is 4. The summed E-state index contributed by atoms with van der Waals surface area (Å²) in [6.07, 6.45) is 0. The monoisotopic (exact) mass is 376 g/mol. The number of benzene rings is 1. The molecule has 1 saturated heterocycles. The van der Waals surface area contributed by atoms with E-state index in [4.69, 9.17) is 0 Å². The van der Waals surface area contributed by atoms with Crippen LogP contribution in [0, 0.1) is 27.7 Å². The highest BCUT2D eigenvalue weighted by Crippen LogP contribution is 2.23. The maximum Gasteiger partial charge on any atom is 0.243 e. The van der Waals surface area contributed by atoms with Crippen molar-refractivity contribution in [3.63, 3.8) is 0 Å². The van der Waals surface area contributed by atoms with Crippen LogP contribution in [0.25, 0.3) is 0 Å². The number of hydrogen-bond donors (Lipinski definition) is 0. The molecule has 0 unspecified atom stereocenters. The minimum Gasteiger partial charge on any atom is -0.296 e. The molecule has 1 fully saturated rings. The first-order valence-electron chi connectivity index (χ1n) is 8.99. The first kappa shape index (κ1) is 19.1. The highest BCUT2D eigenvalue weighted by Gasteiger charge is 2.30. The van der Waals surface area contributed by atoms with Crippen molar-refractivity contribution in [1.82, 2.24) is 19.0 Å². The maximum atomic E-state index is 13.0. The van der Waals surface area contributed by atoms with Gasteiger partial charge in [0.1, 0.15) is 0 Å². The number of sulfonamides is 1. The lowest BCUT2D eigenvalue weighted by atomic mass is 10.1. The minimum absolute atomic E-state index is 0.435. The van der Waals surface area contributed by atoms with Crippen LogP contribution in [0.1, 0.15) is 28.1 Å². The van der Waals surface area contributed by atoms with Gasteiger partial charge in [-0.15, -0.1) is 0 Å². The Morgan fingerprint density at radius 2 is 1.69 bits per heavy atom. The van der Waals surface area contributed by atoms with Crippen LogP contribution >= 0.6 is 0 Å². The third kappa shape index (κ3) is 3.56. The van der Waals surface area contributed by atoms with Gasteiger partial charge >= 0.3 is 0 Å². The van der Waals surface area contributed by atoms with Gasteiger partial charge in [-0.3, -0.25) is 9.58 Å². The third-order valence-corrected chi connectivity index (χ3v) is 7.37. The van der Waals surface area contributed by atoms with E-state index in [1.54, 1.807) is 10.4 Å². The van der Waals surface area contributed by atoms with E-state index in [1.165, 1.54) is 11.3 Å². The average molecular weight is 377 g/mol. The van der Waals surface area contributed by atoms with Gasteiger partial charge in [0.2, 0.25) is 10.0 Å². The van der Waals surface area contributed by atoms with Crippen LogP contribution < -0.4 is 0 Å². The van der Waals surface area contributed by atoms with E-state index in [0.717, 1.165) is 36.5 Å². The SMILES string of the molecule is Cc1ccc(C)c(S(=O)(=O)N2CCN(Cc3c(C)nn(C)c3C)CC2)c1. The topological polar surface area (TPSA) is 58.4 Å². The second-order valence-corrected chi connectivity index (χ2v) is 9.13. The van der Waals surface area contributed by atoms with Crippen LogP contribution in [0.15, 0.2) is 23.1 Å². The number of hydrogen-bond acceptors (Lipinski definition) is 4. The van der Waals surface area contributed by atoms with Gasteiger partial charge in [0.05, 0.1) is 10.6 Å². The van der Waals surface area contributed by atoms with Gasteiger partial charge in [-0.2, -0.15) is 9.40 Å². The van der Waals surface area contributed by atoms with E-state index in [-0.39, 0.29) is 0 Å². The molecule has 1 aliphatic heterocycles. The Balaban J connectivity index is 1.71. The number of piperazine rings is 1. The largest absolute Gasteiger partial charge is 0.296 e. The lowest BCUT2D eigenvalue weighted by Crippen LogP contribution is -2.48. The number of nitrogens with zero attached hydrogens (tertiary/aromatic N) is 4. The second kappa shape index (κ2) is 7.13. The molecule has 0 N–H and O–H groups in total. The molecular formula is C19H28N4O2S. The number of aromatic nitrogens is 2. The summed E-state index contributed by atoms with van der Waals surface area (Å²) in [5.41, 5.74) is 5.25. The van der Waals surface area contributed by atoms with Crippen LogP contribution in [0.2, 0.25) is 0 Å². The fourth-order valence-corrected chi connectivity index (χ4v) is 5.25. The zero-order chi connectivity index (χ0) is 19.1. The van der Waals surface area contributed by atoms with E-state index in [2.05, 4.69) is 16.9 Å². The summed E-state index contributed by atoms with van der Waals surface area (Å²) in [6, 6.07) is 5.61. The lowest BCUT2D eigenvalue weighted by molar-refractivity contribution is 0.181. The molecule has 2 heterocycles. The molecule has 26 heavy (non-hydrogen) atoms. The van der Waals surface area contributed by atoms with Crippen LogP contribution in [0.5, 0.6) is 0 Å². The summed E-state index contributed by atoms with van der Waals surface area (Å²) >= 11 is 0. The third-order valence-electron chi connectivity index (χ3n) is 5.33. The predicted octanol–water partition coefficient (Wildman–Crippen LogP) is 2.16. The Morgan fingerprint density at radius 1 is 1.04 bits per heavy atom. The molecule has 1 aliphatic rings. The van der Waals surface area contributed by atoms with Crippen LogP contribution in [0.3, 0.4) is 0 Å². The molecule has 6 nitrogen and oxygen atoms in total. The van der Waals surface area contributed by atoms with Crippen molar-refractivity contribution in [1.29, 1.82) is 0 Å². The smallest absolute Gasteiger partial charge is 0.243 e. The summed E-state index contributed by atoms with van der Waals surface area (Å²) in [6.45, 7) is 11.2. The predicted molar refractivity (Wildman–Crippen MR) is 103 cm³/mol. The first-order chi connectivity index (χ1) is 12.2. The van der Waals surface area contributed by atoms with Crippen molar-refractivity contribution >= 4 is 10.0 Å². The van der Waals surface area contributed by atoms with Crippen molar-refractivity contribution in [2.45, 2.75) is 39.1 Å². The molecule has 0 atom stereocenters. The Hall–Kier alpha value is -1.70. The summed E-state index contributed by atoms with van der Waals surface area (Å²) in [4.78, 5) is 2.75. The Labute approximate surface area is 156 Å². The summed E-state index contributed by atoms with van der Waals surface area (Å²) in [5.74, 6) is 0. The van der Waals surface area contributed by atoms with Gasteiger partial charge in [-0.1, -0.05) is 12.1 Å². The van der Waals surface area contributed by atoms with Crippen molar-refractivity contribution < 1.29 is 8.42 Å². The molecule has 3 rings (SSSR count). The average Bonchev–Trinajstić information content (AvgIpc) is 2.83. The van der Waals surface area contributed by atoms with Crippen molar-refractivity contribution in [2.24, 2.45) is 7.05 Å². The molecule has 1 aromatic carbocycles. The molecule has 0 amide bonds. The summed E-state index contributed by atoms with van der Waals surface area (Å²) in [5, 5.41) is 4.47. The zero-order valence-corrected chi connectivity index (χ0v) is 17.1. The van der Waals surface area contributed by atoms with Crippen LogP contribution in [-0.4, -0.2) is 53.6 Å². The molecule has 1 aromatic heterocycles. The van der Waals surface area contributed by atoms with E-state index < -0.39 is 10.0 Å². The molecule has 0 radical (unpaired) electrons. The Kier molecular flexibility index (Phi) is 5.23. The quantitative estimate of drug-likeness (QED) is 0.821. The van der Waals surface area contributed by atoms with Gasteiger partial charge in [0, 0.05) is 51.0 Å². The zero-order valence-electron chi connectivity index (χ0n) is 16.3. The van der Waals surface area contributed by atoms with Crippen molar-refractivity contribution in [3.8, 4) is 0 Å². The van der Waals surface area contributed by atoms with Crippen molar-refractivity contribution in [3.05, 3.63) is 46.3 Å². The fraction of sp³-hybridized carbons (Fsp3) is 0.526. The molecule has 0 bridgehead atoms. The van der Waals surface area contributed by atoms with Crippen molar-refractivity contribution in [2.75, 3.05) is 26.2 Å². The highest BCUT2D eigenvalue weighted by molar-refractivity contribution is 7.89. The molecular weight excluding hydrogens is 348 g/mol. The van der Waals surface area contributed by atoms with E-state index >= 15 is 0 Å². The molecule has 0 aliphatic carbocycles. The Bertz CT molecular complexity index is 910. The van der Waals surface area contributed by atoms with E-state index in [9.17, 15) is 8.42 Å². The molecule has 0 saturated carbocycles. The van der Waals surface area contributed by atoms with E-state index in [1.807, 2.05) is 44.6 Å². The first-order valence-corrected chi connectivity index (χ1v) is 10.4. The standard InChI is InChI=1S/C19H28N4O2S/c1-14-6-7-15(2)19(12-14)26(24,25)23-10-8-22(9-11-23)13-18-16(3)20-21(5)17(18)4/h6-7,12H,8-11,13H2,1-5H3. The van der Waals surface area contributed by atoms with Gasteiger partial charge in [0.25, 0.3) is 0 Å². The van der Waals surface area contributed by atoms with Gasteiger partial charge in [-0.05, 0) is 44.9 Å². The highest BCUT2D eigenvalue weighted by atomic mass is 32.2. The summed E-state index contributed by atoms with van der Waals surface area (Å²) in [7, 11) is -1.47. The Morgan fingerprint density at radius 3 is 2.27 bits per heavy atom. The number of rotatable bonds is 4. The van der Waals surface area contributed by atoms with E-state index in [0.29, 0.717) is 18.0 Å². The van der Waals surface area contributed by atoms with Gasteiger partial charge in [0.15, 0.2) is 0 Å². The minimum atomic E-state index is -3.43. The molecule has 142 valence electrons. The van der Waals surface area contributed by atoms with Crippen LogP contribution in [0.4, 0.5) is 0 Å². The molecule has 7 heteroatoms. The second-order valence-electron chi connectivity index (χ2n) is 7.22. The van der Waals surface area contributed by atoms with Gasteiger partial charge in [-0.25, -0.2) is 8.42 Å². The molecule has 2 aromatic rings.